The average molecular weight is 447 g/mol. The van der Waals surface area contributed by atoms with Gasteiger partial charge in [0.1, 0.15) is 11.5 Å². The molecular weight excluding hydrogens is 423 g/mol. The molecule has 0 bridgehead atoms. The molecule has 1 amide bonds. The van der Waals surface area contributed by atoms with Crippen molar-refractivity contribution in [2.45, 2.75) is 26.2 Å². The zero-order valence-corrected chi connectivity index (χ0v) is 19.0. The maximum Gasteiger partial charge on any atom is 0.273 e. The molecule has 3 atom stereocenters. The van der Waals surface area contributed by atoms with E-state index in [-0.39, 0.29) is 17.1 Å². The minimum absolute atomic E-state index is 0.00300. The van der Waals surface area contributed by atoms with Gasteiger partial charge in [0.15, 0.2) is 0 Å². The quantitative estimate of drug-likeness (QED) is 0.450. The zero-order valence-electron chi connectivity index (χ0n) is 18.2. The van der Waals surface area contributed by atoms with Gasteiger partial charge in [0, 0.05) is 29.3 Å². The summed E-state index contributed by atoms with van der Waals surface area (Å²) in [5.41, 5.74) is 4.91. The molecule has 5 nitrogen and oxygen atoms in total. The van der Waals surface area contributed by atoms with Crippen molar-refractivity contribution in [3.8, 4) is 5.69 Å². The van der Waals surface area contributed by atoms with Crippen LogP contribution in [0.4, 0.5) is 4.39 Å². The maximum absolute atomic E-state index is 13.4. The fourth-order valence-corrected chi connectivity index (χ4v) is 6.29. The molecule has 32 heavy (non-hydrogen) atoms. The SMILES string of the molecule is Cc1nc(C(=O)N2C[C@@H]3[C@@H](C)[C@]3(c3cc4cnn(-c5ccc(F)cc5)c4cc3C)C2)cs1. The second-order valence-electron chi connectivity index (χ2n) is 9.13. The van der Waals surface area contributed by atoms with Crippen LogP contribution in [0.25, 0.3) is 16.6 Å². The highest BCUT2D eigenvalue weighted by Crippen LogP contribution is 2.64. The second kappa shape index (κ2) is 6.72. The van der Waals surface area contributed by atoms with Gasteiger partial charge in [0.05, 0.1) is 22.4 Å². The van der Waals surface area contributed by atoms with E-state index in [0.717, 1.165) is 34.7 Å². The predicted octanol–water partition coefficient (Wildman–Crippen LogP) is 4.90. The Morgan fingerprint density at radius 1 is 1.22 bits per heavy atom. The van der Waals surface area contributed by atoms with Crippen LogP contribution in [0, 0.1) is 31.5 Å². The van der Waals surface area contributed by atoms with Crippen molar-refractivity contribution in [3.05, 3.63) is 75.6 Å². The maximum atomic E-state index is 13.4. The van der Waals surface area contributed by atoms with Crippen LogP contribution in [-0.2, 0) is 5.41 Å². The lowest BCUT2D eigenvalue weighted by Crippen LogP contribution is -2.34. The van der Waals surface area contributed by atoms with E-state index in [1.54, 1.807) is 12.1 Å². The number of hydrogen-bond donors (Lipinski definition) is 0. The van der Waals surface area contributed by atoms with Gasteiger partial charge < -0.3 is 4.90 Å². The van der Waals surface area contributed by atoms with Crippen molar-refractivity contribution in [2.75, 3.05) is 13.1 Å². The number of rotatable bonds is 3. The first-order chi connectivity index (χ1) is 15.4. The minimum Gasteiger partial charge on any atom is -0.336 e. The first kappa shape index (κ1) is 19.6. The van der Waals surface area contributed by atoms with Crippen molar-refractivity contribution in [3.63, 3.8) is 0 Å². The number of aromatic nitrogens is 3. The number of fused-ring (bicyclic) bond motifs is 2. The minimum atomic E-state index is -0.260. The first-order valence-electron chi connectivity index (χ1n) is 10.8. The molecular formula is C25H23FN4OS. The number of nitrogens with zero attached hydrogens (tertiary/aromatic N) is 4. The number of amides is 1. The predicted molar refractivity (Wildman–Crippen MR) is 123 cm³/mol. The summed E-state index contributed by atoms with van der Waals surface area (Å²) in [6.45, 7) is 7.87. The van der Waals surface area contributed by atoms with Crippen LogP contribution in [0.5, 0.6) is 0 Å². The van der Waals surface area contributed by atoms with Gasteiger partial charge in [-0.3, -0.25) is 4.79 Å². The highest BCUT2D eigenvalue weighted by molar-refractivity contribution is 7.09. The summed E-state index contributed by atoms with van der Waals surface area (Å²) in [5.74, 6) is 0.780. The third-order valence-electron chi connectivity index (χ3n) is 7.45. The molecule has 0 spiro atoms. The summed E-state index contributed by atoms with van der Waals surface area (Å²) in [5, 5.41) is 8.40. The largest absolute Gasteiger partial charge is 0.336 e. The Hall–Kier alpha value is -3.06. The van der Waals surface area contributed by atoms with E-state index in [1.807, 2.05) is 28.1 Å². The lowest BCUT2D eigenvalue weighted by atomic mass is 9.88. The van der Waals surface area contributed by atoms with Gasteiger partial charge in [0.2, 0.25) is 0 Å². The molecule has 0 unspecified atom stereocenters. The number of piperidine rings is 1. The normalized spacial score (nSPS) is 24.2. The van der Waals surface area contributed by atoms with E-state index in [9.17, 15) is 9.18 Å². The molecule has 1 saturated heterocycles. The summed E-state index contributed by atoms with van der Waals surface area (Å²) in [6.07, 6.45) is 1.87. The molecule has 1 aliphatic carbocycles. The fourth-order valence-electron chi connectivity index (χ4n) is 5.70. The Kier molecular flexibility index (Phi) is 4.12. The lowest BCUT2D eigenvalue weighted by Gasteiger charge is -2.24. The van der Waals surface area contributed by atoms with Gasteiger partial charge in [-0.15, -0.1) is 11.3 Å². The summed E-state index contributed by atoms with van der Waals surface area (Å²) >= 11 is 1.52. The van der Waals surface area contributed by atoms with E-state index in [1.165, 1.54) is 34.6 Å². The van der Waals surface area contributed by atoms with Crippen LogP contribution in [0.15, 0.2) is 48.0 Å². The molecule has 6 rings (SSSR count). The molecule has 2 aromatic heterocycles. The molecule has 7 heteroatoms. The van der Waals surface area contributed by atoms with E-state index >= 15 is 0 Å². The summed E-state index contributed by atoms with van der Waals surface area (Å²) in [6, 6.07) is 10.8. The van der Waals surface area contributed by atoms with Crippen LogP contribution in [-0.4, -0.2) is 38.7 Å². The third kappa shape index (κ3) is 2.70. The number of halogens is 1. The smallest absolute Gasteiger partial charge is 0.273 e. The number of benzene rings is 2. The van der Waals surface area contributed by atoms with Crippen LogP contribution < -0.4 is 0 Å². The number of hydrogen-bond acceptors (Lipinski definition) is 4. The third-order valence-corrected chi connectivity index (χ3v) is 8.22. The topological polar surface area (TPSA) is 51.0 Å². The first-order valence-corrected chi connectivity index (χ1v) is 11.7. The van der Waals surface area contributed by atoms with Crippen LogP contribution >= 0.6 is 11.3 Å². The van der Waals surface area contributed by atoms with E-state index in [2.05, 4.69) is 36.1 Å². The lowest BCUT2D eigenvalue weighted by molar-refractivity contribution is 0.0760. The standard InChI is InChI=1S/C25H23FN4OS/c1-14-8-23-17(10-27-30(23)19-6-4-18(26)5-7-19)9-20(14)25-13-29(11-21(25)15(25)2)24(31)22-12-32-16(3)28-22/h4-10,12,15,21H,11,13H2,1-3H3/t15-,21-,25+/m1/s1. The number of likely N-dealkylation sites (tertiary alicyclic amines) is 1. The Morgan fingerprint density at radius 2 is 2.00 bits per heavy atom. The van der Waals surface area contributed by atoms with Gasteiger partial charge in [0.25, 0.3) is 5.91 Å². The zero-order chi connectivity index (χ0) is 22.2. The van der Waals surface area contributed by atoms with Crippen LogP contribution in [0.2, 0.25) is 0 Å². The summed E-state index contributed by atoms with van der Waals surface area (Å²) in [4.78, 5) is 19.4. The van der Waals surface area contributed by atoms with E-state index < -0.39 is 0 Å². The van der Waals surface area contributed by atoms with Gasteiger partial charge in [-0.05, 0) is 73.2 Å². The molecule has 2 fully saturated rings. The Morgan fingerprint density at radius 3 is 2.72 bits per heavy atom. The number of carbonyl (C=O) groups excluding carboxylic acids is 1. The monoisotopic (exact) mass is 446 g/mol. The fraction of sp³-hybridized carbons (Fsp3) is 0.320. The molecule has 4 aromatic rings. The highest BCUT2D eigenvalue weighted by atomic mass is 32.1. The number of carbonyl (C=O) groups is 1. The van der Waals surface area contributed by atoms with Gasteiger partial charge in [-0.2, -0.15) is 5.10 Å². The summed E-state index contributed by atoms with van der Waals surface area (Å²) < 4.78 is 15.2. The molecule has 1 aliphatic heterocycles. The molecule has 3 heterocycles. The summed E-state index contributed by atoms with van der Waals surface area (Å²) in [7, 11) is 0. The van der Waals surface area contributed by atoms with E-state index in [0.29, 0.717) is 17.5 Å². The Bertz CT molecular complexity index is 1370. The van der Waals surface area contributed by atoms with Crippen molar-refractivity contribution in [2.24, 2.45) is 11.8 Å². The molecule has 2 aromatic carbocycles. The number of aryl methyl sites for hydroxylation is 2. The van der Waals surface area contributed by atoms with Crippen molar-refractivity contribution in [1.29, 1.82) is 0 Å². The van der Waals surface area contributed by atoms with Crippen LogP contribution in [0.3, 0.4) is 0 Å². The van der Waals surface area contributed by atoms with Gasteiger partial charge in [-0.1, -0.05) is 6.92 Å². The molecule has 0 radical (unpaired) electrons. The Balaban J connectivity index is 1.36. The van der Waals surface area contributed by atoms with Gasteiger partial charge in [-0.25, -0.2) is 14.1 Å². The van der Waals surface area contributed by atoms with Crippen molar-refractivity contribution < 1.29 is 9.18 Å². The highest BCUT2D eigenvalue weighted by Gasteiger charge is 2.68. The molecule has 2 aliphatic rings. The van der Waals surface area contributed by atoms with Gasteiger partial charge >= 0.3 is 0 Å². The molecule has 1 saturated carbocycles. The Labute approximate surface area is 189 Å². The molecule has 162 valence electrons. The van der Waals surface area contributed by atoms with Crippen molar-refractivity contribution >= 4 is 28.1 Å². The number of thiazole rings is 1. The van der Waals surface area contributed by atoms with E-state index in [4.69, 9.17) is 0 Å². The average Bonchev–Trinajstić information content (AvgIpc) is 3.27. The van der Waals surface area contributed by atoms with Crippen LogP contribution in [0.1, 0.15) is 33.5 Å². The van der Waals surface area contributed by atoms with Crippen molar-refractivity contribution in [1.82, 2.24) is 19.7 Å². The second-order valence-corrected chi connectivity index (χ2v) is 10.2. The molecule has 0 N–H and O–H groups in total.